The summed E-state index contributed by atoms with van der Waals surface area (Å²) in [5, 5.41) is 3.92. The van der Waals surface area contributed by atoms with E-state index in [4.69, 9.17) is 23.2 Å². The largest absolute Gasteiger partial charge is 0.349 e. The van der Waals surface area contributed by atoms with Gasteiger partial charge in [0.1, 0.15) is 5.82 Å². The molecule has 0 unspecified atom stereocenters. The maximum Gasteiger partial charge on any atom is 0.220 e. The normalized spacial score (nSPS) is 10.9. The molecule has 2 heterocycles. The van der Waals surface area contributed by atoms with Crippen LogP contribution in [0.4, 0.5) is 0 Å². The second-order valence-electron chi connectivity index (χ2n) is 5.20. The van der Waals surface area contributed by atoms with Gasteiger partial charge in [-0.15, -0.1) is 0 Å². The lowest BCUT2D eigenvalue weighted by atomic mass is 10.1. The third-order valence-electron chi connectivity index (χ3n) is 3.58. The van der Waals surface area contributed by atoms with E-state index in [0.717, 1.165) is 16.9 Å². The smallest absolute Gasteiger partial charge is 0.220 e. The number of pyridine rings is 1. The summed E-state index contributed by atoms with van der Waals surface area (Å²) in [6.45, 7) is 0.401. The van der Waals surface area contributed by atoms with Crippen molar-refractivity contribution in [3.63, 3.8) is 0 Å². The molecule has 0 bridgehead atoms. The minimum absolute atomic E-state index is 0.0243. The highest BCUT2D eigenvalue weighted by molar-refractivity contribution is 6.42. The van der Waals surface area contributed by atoms with Gasteiger partial charge >= 0.3 is 0 Å². The third kappa shape index (κ3) is 3.84. The monoisotopic (exact) mass is 347 g/mol. The molecule has 1 aromatic carbocycles. The Labute approximate surface area is 144 Å². The summed E-state index contributed by atoms with van der Waals surface area (Å²) >= 11 is 11.8. The second kappa shape index (κ2) is 7.02. The van der Waals surface area contributed by atoms with Crippen molar-refractivity contribution in [2.75, 3.05) is 0 Å². The number of fused-ring (bicyclic) bond motifs is 1. The van der Waals surface area contributed by atoms with E-state index < -0.39 is 0 Å². The Hall–Kier alpha value is -2.04. The number of carbonyl (C=O) groups excluding carboxylic acids is 1. The van der Waals surface area contributed by atoms with Crippen LogP contribution < -0.4 is 5.32 Å². The Morgan fingerprint density at radius 3 is 2.87 bits per heavy atom. The standard InChI is InChI=1S/C17H15Cl2N3O/c18-14-6-4-12(9-15(14)19)5-7-17(23)21-11-16-20-10-13-3-1-2-8-22(13)16/h1-4,6,8-10H,5,7,11H2,(H,21,23). The fourth-order valence-electron chi connectivity index (χ4n) is 2.35. The summed E-state index contributed by atoms with van der Waals surface area (Å²) in [5.41, 5.74) is 1.99. The molecule has 118 valence electrons. The number of amides is 1. The van der Waals surface area contributed by atoms with E-state index in [9.17, 15) is 4.79 Å². The van der Waals surface area contributed by atoms with Gasteiger partial charge in [-0.25, -0.2) is 4.98 Å². The van der Waals surface area contributed by atoms with Crippen LogP contribution in [0, 0.1) is 0 Å². The molecule has 1 amide bonds. The molecule has 6 heteroatoms. The number of imidazole rings is 1. The fourth-order valence-corrected chi connectivity index (χ4v) is 2.67. The third-order valence-corrected chi connectivity index (χ3v) is 4.32. The molecule has 0 aliphatic rings. The van der Waals surface area contributed by atoms with Crippen LogP contribution in [-0.4, -0.2) is 15.3 Å². The SMILES string of the molecule is O=C(CCc1ccc(Cl)c(Cl)c1)NCc1ncc2ccccn12. The van der Waals surface area contributed by atoms with E-state index in [1.165, 1.54) is 0 Å². The van der Waals surface area contributed by atoms with Gasteiger partial charge in [0, 0.05) is 12.6 Å². The van der Waals surface area contributed by atoms with Crippen molar-refractivity contribution in [3.8, 4) is 0 Å². The van der Waals surface area contributed by atoms with Crippen molar-refractivity contribution in [2.24, 2.45) is 0 Å². The van der Waals surface area contributed by atoms with Gasteiger partial charge in [0.2, 0.25) is 5.91 Å². The van der Waals surface area contributed by atoms with Crippen LogP contribution in [0.5, 0.6) is 0 Å². The Morgan fingerprint density at radius 2 is 2.04 bits per heavy atom. The maximum absolute atomic E-state index is 12.0. The summed E-state index contributed by atoms with van der Waals surface area (Å²) < 4.78 is 1.96. The molecule has 0 saturated carbocycles. The average molecular weight is 348 g/mol. The van der Waals surface area contributed by atoms with Gasteiger partial charge in [0.05, 0.1) is 28.3 Å². The molecule has 0 spiro atoms. The first-order chi connectivity index (χ1) is 11.1. The molecule has 0 aliphatic heterocycles. The van der Waals surface area contributed by atoms with Crippen molar-refractivity contribution < 1.29 is 4.79 Å². The van der Waals surface area contributed by atoms with Crippen LogP contribution in [0.25, 0.3) is 5.52 Å². The first kappa shape index (κ1) is 15.8. The number of nitrogens with one attached hydrogen (secondary N) is 1. The van der Waals surface area contributed by atoms with Crippen LogP contribution >= 0.6 is 23.2 Å². The average Bonchev–Trinajstić information content (AvgIpc) is 2.97. The molecular formula is C17H15Cl2N3O. The first-order valence-corrected chi connectivity index (χ1v) is 8.00. The number of hydrogen-bond acceptors (Lipinski definition) is 2. The minimum atomic E-state index is -0.0243. The van der Waals surface area contributed by atoms with Gasteiger partial charge in [-0.1, -0.05) is 35.3 Å². The summed E-state index contributed by atoms with van der Waals surface area (Å²) in [6.07, 6.45) is 4.73. The molecular weight excluding hydrogens is 333 g/mol. The molecule has 0 saturated heterocycles. The predicted octanol–water partition coefficient (Wildman–Crippen LogP) is 3.89. The molecule has 4 nitrogen and oxygen atoms in total. The number of halogens is 2. The molecule has 0 fully saturated rings. The summed E-state index contributed by atoms with van der Waals surface area (Å²) in [6, 6.07) is 11.3. The predicted molar refractivity (Wildman–Crippen MR) is 91.8 cm³/mol. The van der Waals surface area contributed by atoms with Crippen LogP contribution in [0.2, 0.25) is 10.0 Å². The molecule has 3 rings (SSSR count). The second-order valence-corrected chi connectivity index (χ2v) is 6.01. The number of nitrogens with zero attached hydrogens (tertiary/aromatic N) is 2. The van der Waals surface area contributed by atoms with Crippen LogP contribution in [0.3, 0.4) is 0 Å². The Balaban J connectivity index is 1.54. The van der Waals surface area contributed by atoms with Gasteiger partial charge in [0.25, 0.3) is 0 Å². The number of aryl methyl sites for hydroxylation is 1. The van der Waals surface area contributed by atoms with Crippen LogP contribution in [0.1, 0.15) is 17.8 Å². The molecule has 2 aromatic heterocycles. The summed E-state index contributed by atoms with van der Waals surface area (Å²) in [5.74, 6) is 0.784. The topological polar surface area (TPSA) is 46.4 Å². The highest BCUT2D eigenvalue weighted by atomic mass is 35.5. The Morgan fingerprint density at radius 1 is 1.17 bits per heavy atom. The van der Waals surface area contributed by atoms with Crippen molar-refractivity contribution >= 4 is 34.6 Å². The van der Waals surface area contributed by atoms with E-state index in [-0.39, 0.29) is 5.91 Å². The number of carbonyl (C=O) groups is 1. The summed E-state index contributed by atoms with van der Waals surface area (Å²) in [7, 11) is 0. The molecule has 23 heavy (non-hydrogen) atoms. The van der Waals surface area contributed by atoms with E-state index in [1.54, 1.807) is 18.3 Å². The molecule has 0 radical (unpaired) electrons. The van der Waals surface area contributed by atoms with E-state index in [1.807, 2.05) is 34.9 Å². The number of hydrogen-bond donors (Lipinski definition) is 1. The zero-order valence-corrected chi connectivity index (χ0v) is 13.8. The first-order valence-electron chi connectivity index (χ1n) is 7.25. The van der Waals surface area contributed by atoms with Crippen molar-refractivity contribution in [1.82, 2.24) is 14.7 Å². The highest BCUT2D eigenvalue weighted by Gasteiger charge is 2.07. The van der Waals surface area contributed by atoms with Crippen molar-refractivity contribution in [1.29, 1.82) is 0 Å². The quantitative estimate of drug-likeness (QED) is 0.760. The minimum Gasteiger partial charge on any atom is -0.349 e. The lowest BCUT2D eigenvalue weighted by Crippen LogP contribution is -2.24. The van der Waals surface area contributed by atoms with Gasteiger partial charge in [-0.2, -0.15) is 0 Å². The summed E-state index contributed by atoms with van der Waals surface area (Å²) in [4.78, 5) is 16.3. The lowest BCUT2D eigenvalue weighted by molar-refractivity contribution is -0.121. The Bertz CT molecular complexity index is 845. The van der Waals surface area contributed by atoms with Crippen molar-refractivity contribution in [2.45, 2.75) is 19.4 Å². The van der Waals surface area contributed by atoms with E-state index >= 15 is 0 Å². The van der Waals surface area contributed by atoms with Gasteiger partial charge in [0.15, 0.2) is 0 Å². The molecule has 0 aliphatic carbocycles. The van der Waals surface area contributed by atoms with E-state index in [0.29, 0.717) is 29.4 Å². The van der Waals surface area contributed by atoms with Crippen LogP contribution in [0.15, 0.2) is 48.8 Å². The maximum atomic E-state index is 12.0. The highest BCUT2D eigenvalue weighted by Crippen LogP contribution is 2.23. The van der Waals surface area contributed by atoms with Gasteiger partial charge in [-0.3, -0.25) is 4.79 Å². The van der Waals surface area contributed by atoms with Gasteiger partial charge in [-0.05, 0) is 36.2 Å². The molecule has 1 N–H and O–H groups in total. The Kier molecular flexibility index (Phi) is 4.84. The zero-order chi connectivity index (χ0) is 16.2. The number of rotatable bonds is 5. The molecule has 0 atom stereocenters. The molecule has 3 aromatic rings. The fraction of sp³-hybridized carbons (Fsp3) is 0.176. The van der Waals surface area contributed by atoms with E-state index in [2.05, 4.69) is 10.3 Å². The number of aromatic nitrogens is 2. The zero-order valence-electron chi connectivity index (χ0n) is 12.3. The van der Waals surface area contributed by atoms with Crippen molar-refractivity contribution in [3.05, 3.63) is 70.2 Å². The van der Waals surface area contributed by atoms with Gasteiger partial charge < -0.3 is 9.72 Å². The number of benzene rings is 1. The van der Waals surface area contributed by atoms with Crippen LogP contribution in [-0.2, 0) is 17.8 Å². The lowest BCUT2D eigenvalue weighted by Gasteiger charge is -2.06.